The summed E-state index contributed by atoms with van der Waals surface area (Å²) in [6.07, 6.45) is 1.00. The summed E-state index contributed by atoms with van der Waals surface area (Å²) in [5, 5.41) is 14.2. The third-order valence-corrected chi connectivity index (χ3v) is 5.83. The second-order valence-electron chi connectivity index (χ2n) is 7.94. The van der Waals surface area contributed by atoms with Gasteiger partial charge in [-0.1, -0.05) is 12.1 Å². The number of alkyl halides is 1. The highest BCUT2D eigenvalue weighted by Gasteiger charge is 2.48. The van der Waals surface area contributed by atoms with Crippen LogP contribution in [0, 0.1) is 5.82 Å². The summed E-state index contributed by atoms with van der Waals surface area (Å²) in [7, 11) is 3.26. The molecule has 7 nitrogen and oxygen atoms in total. The molecule has 1 aromatic carbocycles. The molecule has 1 aliphatic rings. The molecule has 2 amide bonds. The number of amides is 2. The highest BCUT2D eigenvalue weighted by atomic mass is 19.1. The molecule has 1 fully saturated rings. The van der Waals surface area contributed by atoms with Gasteiger partial charge >= 0.3 is 6.03 Å². The number of halogens is 2. The molecule has 0 bridgehead atoms. The Bertz CT molecular complexity index is 1080. The van der Waals surface area contributed by atoms with Crippen LogP contribution in [0.25, 0.3) is 11.3 Å². The summed E-state index contributed by atoms with van der Waals surface area (Å²) >= 11 is 0. The first-order valence-corrected chi connectivity index (χ1v) is 10.3. The first-order valence-electron chi connectivity index (χ1n) is 10.3. The summed E-state index contributed by atoms with van der Waals surface area (Å²) in [6, 6.07) is 13.6. The maximum atomic E-state index is 14.3. The van der Waals surface area contributed by atoms with E-state index in [1.807, 2.05) is 30.3 Å². The van der Waals surface area contributed by atoms with Gasteiger partial charge in [0.25, 0.3) is 0 Å². The van der Waals surface area contributed by atoms with Gasteiger partial charge in [-0.2, -0.15) is 0 Å². The number of urea groups is 1. The van der Waals surface area contributed by atoms with Gasteiger partial charge in [-0.25, -0.2) is 13.6 Å². The van der Waals surface area contributed by atoms with Crippen LogP contribution in [0.1, 0.15) is 18.5 Å². The van der Waals surface area contributed by atoms with E-state index >= 15 is 0 Å². The average Bonchev–Trinajstić information content (AvgIpc) is 2.81. The van der Waals surface area contributed by atoms with Crippen molar-refractivity contribution in [1.29, 1.82) is 0 Å². The first kappa shape index (κ1) is 21.6. The molecule has 4 rings (SSSR count). The predicted molar refractivity (Wildman–Crippen MR) is 119 cm³/mol. The Balaban J connectivity index is 1.44. The molecule has 0 atom stereocenters. The Hall–Kier alpha value is -3.62. The number of hydrogen-bond donors (Lipinski definition) is 2. The summed E-state index contributed by atoms with van der Waals surface area (Å²) in [6.45, 7) is 0.315. The molecular formula is C23H24F2N6O. The molecule has 0 radical (unpaired) electrons. The van der Waals surface area contributed by atoms with E-state index in [0.717, 1.165) is 11.3 Å². The lowest BCUT2D eigenvalue weighted by Crippen LogP contribution is -2.49. The highest BCUT2D eigenvalue weighted by molar-refractivity contribution is 5.91. The molecule has 1 aliphatic carbocycles. The zero-order chi connectivity index (χ0) is 22.7. The van der Waals surface area contributed by atoms with Gasteiger partial charge in [-0.05, 0) is 49.2 Å². The van der Waals surface area contributed by atoms with Crippen molar-refractivity contribution in [3.05, 3.63) is 66.2 Å². The molecule has 0 unspecified atom stereocenters. The van der Waals surface area contributed by atoms with E-state index in [1.165, 1.54) is 23.2 Å². The smallest absolute Gasteiger partial charge is 0.321 e. The zero-order valence-corrected chi connectivity index (χ0v) is 17.8. The fourth-order valence-electron chi connectivity index (χ4n) is 3.97. The van der Waals surface area contributed by atoms with Crippen molar-refractivity contribution < 1.29 is 13.6 Å². The Kier molecular flexibility index (Phi) is 5.98. The Morgan fingerprint density at radius 1 is 1.16 bits per heavy atom. The summed E-state index contributed by atoms with van der Waals surface area (Å²) in [5.74, 6) is 0.0934. The number of anilines is 2. The first-order chi connectivity index (χ1) is 15.4. The van der Waals surface area contributed by atoms with Crippen LogP contribution < -0.4 is 15.5 Å². The van der Waals surface area contributed by atoms with Crippen LogP contribution in [0.2, 0.25) is 0 Å². The molecule has 3 aromatic rings. The van der Waals surface area contributed by atoms with Gasteiger partial charge in [-0.3, -0.25) is 9.88 Å². The van der Waals surface area contributed by atoms with Crippen LogP contribution in [0.5, 0.6) is 0 Å². The van der Waals surface area contributed by atoms with Gasteiger partial charge in [0.05, 0.1) is 11.4 Å². The minimum Gasteiger partial charge on any atom is -0.368 e. The summed E-state index contributed by atoms with van der Waals surface area (Å²) < 4.78 is 28.0. The number of pyridine rings is 1. The fraction of sp³-hybridized carbons (Fsp3) is 0.304. The molecule has 0 saturated heterocycles. The standard InChI is InChI=1S/C23H24F2N6O/c1-26-22(32)31(2)17-7-5-15(6-8-17)19-9-10-20(30-29-19)28-14-23(12-16(24)13-23)21-18(25)4-3-11-27-21/h3-11,16H,12-14H2,1-2H3,(H,26,32)(H,28,30)/t16-,23-. The number of nitrogens with one attached hydrogen (secondary N) is 2. The van der Waals surface area contributed by atoms with E-state index in [-0.39, 0.29) is 24.6 Å². The lowest BCUT2D eigenvalue weighted by Gasteiger charge is -2.44. The zero-order valence-electron chi connectivity index (χ0n) is 17.8. The minimum absolute atomic E-state index is 0.207. The Morgan fingerprint density at radius 3 is 2.50 bits per heavy atom. The summed E-state index contributed by atoms with van der Waals surface area (Å²) in [4.78, 5) is 17.4. The van der Waals surface area contributed by atoms with Crippen molar-refractivity contribution in [2.75, 3.05) is 30.9 Å². The number of hydrogen-bond acceptors (Lipinski definition) is 5. The van der Waals surface area contributed by atoms with Crippen LogP contribution >= 0.6 is 0 Å². The molecular weight excluding hydrogens is 414 g/mol. The third kappa shape index (κ3) is 4.23. The van der Waals surface area contributed by atoms with Crippen LogP contribution in [-0.2, 0) is 5.41 Å². The largest absolute Gasteiger partial charge is 0.368 e. The molecule has 2 heterocycles. The second-order valence-corrected chi connectivity index (χ2v) is 7.94. The Labute approximate surface area is 184 Å². The lowest BCUT2D eigenvalue weighted by molar-refractivity contribution is 0.0964. The highest BCUT2D eigenvalue weighted by Crippen LogP contribution is 2.45. The van der Waals surface area contributed by atoms with Crippen molar-refractivity contribution in [2.45, 2.75) is 24.4 Å². The number of aromatic nitrogens is 3. The van der Waals surface area contributed by atoms with Gasteiger partial charge < -0.3 is 10.6 Å². The number of rotatable bonds is 6. The molecule has 2 N–H and O–H groups in total. The van der Waals surface area contributed by atoms with Crippen molar-refractivity contribution >= 4 is 17.5 Å². The Morgan fingerprint density at radius 2 is 1.91 bits per heavy atom. The molecule has 9 heteroatoms. The van der Waals surface area contributed by atoms with E-state index in [2.05, 4.69) is 25.8 Å². The van der Waals surface area contributed by atoms with Gasteiger partial charge in [-0.15, -0.1) is 10.2 Å². The van der Waals surface area contributed by atoms with Gasteiger partial charge in [0, 0.05) is 43.5 Å². The van der Waals surface area contributed by atoms with Crippen LogP contribution in [0.15, 0.2) is 54.7 Å². The van der Waals surface area contributed by atoms with E-state index in [9.17, 15) is 13.6 Å². The second kappa shape index (κ2) is 8.86. The van der Waals surface area contributed by atoms with Crippen LogP contribution in [-0.4, -0.2) is 48.0 Å². The van der Waals surface area contributed by atoms with Gasteiger partial charge in [0.15, 0.2) is 0 Å². The quantitative estimate of drug-likeness (QED) is 0.609. The molecule has 0 aliphatic heterocycles. The minimum atomic E-state index is -0.961. The lowest BCUT2D eigenvalue weighted by atomic mass is 9.65. The van der Waals surface area contributed by atoms with Crippen LogP contribution in [0.4, 0.5) is 25.1 Å². The van der Waals surface area contributed by atoms with E-state index < -0.39 is 17.4 Å². The topological polar surface area (TPSA) is 83.0 Å². The number of benzene rings is 1. The maximum Gasteiger partial charge on any atom is 0.321 e. The fourth-order valence-corrected chi connectivity index (χ4v) is 3.97. The van der Waals surface area contributed by atoms with Crippen LogP contribution in [0.3, 0.4) is 0 Å². The SMILES string of the molecule is CNC(=O)N(C)c1ccc(-c2ccc(NC[C@]3(c4ncccc4F)C[C@H](F)C3)nn2)cc1. The molecule has 2 aromatic heterocycles. The molecule has 0 spiro atoms. The van der Waals surface area contributed by atoms with Crippen molar-refractivity contribution in [3.63, 3.8) is 0 Å². The molecule has 166 valence electrons. The van der Waals surface area contributed by atoms with Gasteiger partial charge in [0.2, 0.25) is 0 Å². The summed E-state index contributed by atoms with van der Waals surface area (Å²) in [5.41, 5.74) is 1.86. The average molecular weight is 438 g/mol. The monoisotopic (exact) mass is 438 g/mol. The van der Waals surface area contributed by atoms with E-state index in [0.29, 0.717) is 18.1 Å². The van der Waals surface area contributed by atoms with Crippen molar-refractivity contribution in [1.82, 2.24) is 20.5 Å². The van der Waals surface area contributed by atoms with Gasteiger partial charge in [0.1, 0.15) is 17.8 Å². The maximum absolute atomic E-state index is 14.3. The molecule has 1 saturated carbocycles. The molecule has 32 heavy (non-hydrogen) atoms. The van der Waals surface area contributed by atoms with Crippen molar-refractivity contribution in [3.8, 4) is 11.3 Å². The van der Waals surface area contributed by atoms with E-state index in [4.69, 9.17) is 0 Å². The number of carbonyl (C=O) groups excluding carboxylic acids is 1. The third-order valence-electron chi connectivity index (χ3n) is 5.83. The normalized spacial score (nSPS) is 19.7. The predicted octanol–water partition coefficient (Wildman–Crippen LogP) is 3.94. The van der Waals surface area contributed by atoms with Crippen molar-refractivity contribution in [2.24, 2.45) is 0 Å². The number of carbonyl (C=O) groups is 1. The number of nitrogens with zero attached hydrogens (tertiary/aromatic N) is 4. The van der Waals surface area contributed by atoms with E-state index in [1.54, 1.807) is 20.2 Å².